The third-order valence-electron chi connectivity index (χ3n) is 3.63. The molecule has 0 unspecified atom stereocenters. The summed E-state index contributed by atoms with van der Waals surface area (Å²) in [7, 11) is 3.19. The third kappa shape index (κ3) is 4.83. The number of carbonyl (C=O) groups is 1. The van der Waals surface area contributed by atoms with Crippen LogP contribution in [0.3, 0.4) is 0 Å². The van der Waals surface area contributed by atoms with Gasteiger partial charge in [0.15, 0.2) is 17.3 Å². The standard InChI is InChI=1S/C20H21BrO4S/c1-5-25-18-11-13(10-15(21)20(18)24-3)6-8-16(22)14-7-9-19(26-4)17(12-14)23-2/h6-12H,5H2,1-4H3/b8-6+. The van der Waals surface area contributed by atoms with E-state index in [-0.39, 0.29) is 5.78 Å². The van der Waals surface area contributed by atoms with Crippen molar-refractivity contribution in [2.24, 2.45) is 0 Å². The first kappa shape index (κ1) is 20.4. The highest BCUT2D eigenvalue weighted by molar-refractivity contribution is 9.10. The van der Waals surface area contributed by atoms with Crippen molar-refractivity contribution < 1.29 is 19.0 Å². The smallest absolute Gasteiger partial charge is 0.185 e. The number of hydrogen-bond donors (Lipinski definition) is 0. The van der Waals surface area contributed by atoms with Crippen LogP contribution >= 0.6 is 27.7 Å². The molecule has 0 heterocycles. The Morgan fingerprint density at radius 1 is 1.15 bits per heavy atom. The quantitative estimate of drug-likeness (QED) is 0.311. The molecule has 0 aromatic heterocycles. The molecule has 138 valence electrons. The van der Waals surface area contributed by atoms with Crippen LogP contribution in [0.1, 0.15) is 22.8 Å². The number of thioether (sulfide) groups is 1. The van der Waals surface area contributed by atoms with Crippen molar-refractivity contribution in [2.45, 2.75) is 11.8 Å². The van der Waals surface area contributed by atoms with Crippen molar-refractivity contribution in [3.05, 3.63) is 52.0 Å². The largest absolute Gasteiger partial charge is 0.496 e. The van der Waals surface area contributed by atoms with Crippen LogP contribution in [0.4, 0.5) is 0 Å². The van der Waals surface area contributed by atoms with Crippen molar-refractivity contribution >= 4 is 39.6 Å². The molecule has 0 N–H and O–H groups in total. The minimum absolute atomic E-state index is 0.0964. The first-order valence-corrected chi connectivity index (χ1v) is 10.0. The molecule has 0 amide bonds. The topological polar surface area (TPSA) is 44.8 Å². The maximum Gasteiger partial charge on any atom is 0.185 e. The van der Waals surface area contributed by atoms with Crippen LogP contribution in [-0.2, 0) is 0 Å². The summed E-state index contributed by atoms with van der Waals surface area (Å²) in [6.45, 7) is 2.43. The molecule has 2 rings (SSSR count). The van der Waals surface area contributed by atoms with Gasteiger partial charge in [0.25, 0.3) is 0 Å². The summed E-state index contributed by atoms with van der Waals surface area (Å²) in [6, 6.07) is 9.17. The minimum atomic E-state index is -0.0964. The molecule has 0 saturated heterocycles. The van der Waals surface area contributed by atoms with E-state index in [0.29, 0.717) is 29.4 Å². The van der Waals surface area contributed by atoms with Crippen LogP contribution in [0.5, 0.6) is 17.2 Å². The van der Waals surface area contributed by atoms with E-state index in [4.69, 9.17) is 14.2 Å². The van der Waals surface area contributed by atoms with E-state index in [9.17, 15) is 4.79 Å². The summed E-state index contributed by atoms with van der Waals surface area (Å²) in [4.78, 5) is 13.5. The minimum Gasteiger partial charge on any atom is -0.496 e. The molecule has 0 atom stereocenters. The van der Waals surface area contributed by atoms with Crippen LogP contribution in [0, 0.1) is 0 Å². The molecule has 2 aromatic rings. The number of carbonyl (C=O) groups excluding carboxylic acids is 1. The number of methoxy groups -OCH3 is 2. The Kier molecular flexibility index (Phi) is 7.60. The highest BCUT2D eigenvalue weighted by atomic mass is 79.9. The maximum atomic E-state index is 12.5. The van der Waals surface area contributed by atoms with Gasteiger partial charge in [0.05, 0.1) is 25.3 Å². The molecule has 6 heteroatoms. The van der Waals surface area contributed by atoms with Gasteiger partial charge in [-0.15, -0.1) is 11.8 Å². The number of ketones is 1. The Balaban J connectivity index is 2.27. The molecule has 26 heavy (non-hydrogen) atoms. The van der Waals surface area contributed by atoms with E-state index in [1.165, 1.54) is 6.08 Å². The second kappa shape index (κ2) is 9.69. The van der Waals surface area contributed by atoms with E-state index in [2.05, 4.69) is 15.9 Å². The van der Waals surface area contributed by atoms with Gasteiger partial charge in [-0.1, -0.05) is 6.08 Å². The molecule has 0 bridgehead atoms. The lowest BCUT2D eigenvalue weighted by molar-refractivity contribution is 0.104. The summed E-state index contributed by atoms with van der Waals surface area (Å²) in [5.74, 6) is 1.86. The fraction of sp³-hybridized carbons (Fsp3) is 0.250. The normalized spacial score (nSPS) is 10.8. The Morgan fingerprint density at radius 3 is 2.54 bits per heavy atom. The molecule has 0 spiro atoms. The molecule has 0 aliphatic heterocycles. The molecule has 0 aliphatic carbocycles. The van der Waals surface area contributed by atoms with Gasteiger partial charge >= 0.3 is 0 Å². The zero-order valence-electron chi connectivity index (χ0n) is 15.2. The van der Waals surface area contributed by atoms with Crippen LogP contribution < -0.4 is 14.2 Å². The van der Waals surface area contributed by atoms with Crippen LogP contribution in [0.2, 0.25) is 0 Å². The fourth-order valence-corrected chi connectivity index (χ4v) is 3.57. The van der Waals surface area contributed by atoms with Gasteiger partial charge in [0.2, 0.25) is 0 Å². The molecular formula is C20H21BrO4S. The van der Waals surface area contributed by atoms with Crippen LogP contribution in [0.15, 0.2) is 45.8 Å². The molecule has 0 radical (unpaired) electrons. The van der Waals surface area contributed by atoms with E-state index >= 15 is 0 Å². The average Bonchev–Trinajstić information content (AvgIpc) is 2.65. The first-order chi connectivity index (χ1) is 12.5. The van der Waals surface area contributed by atoms with Crippen LogP contribution in [-0.4, -0.2) is 32.9 Å². The van der Waals surface area contributed by atoms with E-state index in [1.54, 1.807) is 44.2 Å². The molecule has 0 aliphatic rings. The second-order valence-electron chi connectivity index (χ2n) is 5.23. The highest BCUT2D eigenvalue weighted by Gasteiger charge is 2.11. The number of halogens is 1. The monoisotopic (exact) mass is 436 g/mol. The van der Waals surface area contributed by atoms with E-state index in [0.717, 1.165) is 14.9 Å². The molecule has 2 aromatic carbocycles. The Labute approximate surface area is 166 Å². The number of ether oxygens (including phenoxy) is 3. The van der Waals surface area contributed by atoms with Crippen molar-refractivity contribution in [3.8, 4) is 17.2 Å². The lowest BCUT2D eigenvalue weighted by Gasteiger charge is -2.12. The fourth-order valence-electron chi connectivity index (χ4n) is 2.40. The zero-order valence-corrected chi connectivity index (χ0v) is 17.6. The van der Waals surface area contributed by atoms with Crippen LogP contribution in [0.25, 0.3) is 6.08 Å². The predicted molar refractivity (Wildman–Crippen MR) is 110 cm³/mol. The SMILES string of the molecule is CCOc1cc(/C=C/C(=O)c2ccc(SC)c(OC)c2)cc(Br)c1OC. The van der Waals surface area contributed by atoms with Gasteiger partial charge in [0.1, 0.15) is 5.75 Å². The zero-order chi connectivity index (χ0) is 19.1. The summed E-state index contributed by atoms with van der Waals surface area (Å²) in [5.41, 5.74) is 1.41. The summed E-state index contributed by atoms with van der Waals surface area (Å²) in [6.07, 6.45) is 5.26. The molecule has 4 nitrogen and oxygen atoms in total. The van der Waals surface area contributed by atoms with E-state index in [1.807, 2.05) is 31.4 Å². The number of rotatable bonds is 8. The highest BCUT2D eigenvalue weighted by Crippen LogP contribution is 2.37. The predicted octanol–water partition coefficient (Wildman–Crippen LogP) is 5.48. The molecule has 0 saturated carbocycles. The average molecular weight is 437 g/mol. The van der Waals surface area contributed by atoms with Gasteiger partial charge in [-0.3, -0.25) is 4.79 Å². The summed E-state index contributed by atoms with van der Waals surface area (Å²) >= 11 is 5.05. The number of allylic oxidation sites excluding steroid dienone is 1. The van der Waals surface area contributed by atoms with Gasteiger partial charge in [-0.05, 0) is 71.1 Å². The van der Waals surface area contributed by atoms with E-state index < -0.39 is 0 Å². The Morgan fingerprint density at radius 2 is 1.92 bits per heavy atom. The van der Waals surface area contributed by atoms with Gasteiger partial charge in [0, 0.05) is 10.5 Å². The van der Waals surface area contributed by atoms with Gasteiger partial charge in [-0.2, -0.15) is 0 Å². The first-order valence-electron chi connectivity index (χ1n) is 7.98. The molecular weight excluding hydrogens is 416 g/mol. The maximum absolute atomic E-state index is 12.5. The number of benzene rings is 2. The van der Waals surface area contributed by atoms with Crippen molar-refractivity contribution in [2.75, 3.05) is 27.1 Å². The van der Waals surface area contributed by atoms with Gasteiger partial charge < -0.3 is 14.2 Å². The number of hydrogen-bond acceptors (Lipinski definition) is 5. The summed E-state index contributed by atoms with van der Waals surface area (Å²) < 4.78 is 17.1. The second-order valence-corrected chi connectivity index (χ2v) is 6.94. The van der Waals surface area contributed by atoms with Crippen molar-refractivity contribution in [1.29, 1.82) is 0 Å². The molecule has 0 fully saturated rings. The Bertz CT molecular complexity index is 818. The lowest BCUT2D eigenvalue weighted by atomic mass is 10.1. The van der Waals surface area contributed by atoms with Crippen molar-refractivity contribution in [1.82, 2.24) is 0 Å². The lowest BCUT2D eigenvalue weighted by Crippen LogP contribution is -1.98. The van der Waals surface area contributed by atoms with Crippen molar-refractivity contribution in [3.63, 3.8) is 0 Å². The third-order valence-corrected chi connectivity index (χ3v) is 5.00. The summed E-state index contributed by atoms with van der Waals surface area (Å²) in [5, 5.41) is 0. The van der Waals surface area contributed by atoms with Gasteiger partial charge in [-0.25, -0.2) is 0 Å². The Hall–Kier alpha value is -1.92.